The quantitative estimate of drug-likeness (QED) is 0.758. The van der Waals surface area contributed by atoms with Gasteiger partial charge in [-0.3, -0.25) is 19.0 Å². The summed E-state index contributed by atoms with van der Waals surface area (Å²) in [6.07, 6.45) is 7.12. The van der Waals surface area contributed by atoms with Crippen LogP contribution in [0.5, 0.6) is 0 Å². The first-order valence-corrected chi connectivity index (χ1v) is 9.57. The monoisotopic (exact) mass is 377 g/mol. The van der Waals surface area contributed by atoms with E-state index in [4.69, 9.17) is 0 Å². The highest BCUT2D eigenvalue weighted by Gasteiger charge is 2.27. The van der Waals surface area contributed by atoms with E-state index in [1.165, 1.54) is 0 Å². The van der Waals surface area contributed by atoms with E-state index in [-0.39, 0.29) is 17.6 Å². The van der Waals surface area contributed by atoms with Crippen LogP contribution in [0.3, 0.4) is 0 Å². The summed E-state index contributed by atoms with van der Waals surface area (Å²) in [6, 6.07) is 9.19. The first-order chi connectivity index (χ1) is 13.6. The van der Waals surface area contributed by atoms with Gasteiger partial charge >= 0.3 is 0 Å². The second-order valence-corrected chi connectivity index (χ2v) is 7.25. The number of hydrogen-bond donors (Lipinski definition) is 1. The van der Waals surface area contributed by atoms with Crippen LogP contribution in [-0.4, -0.2) is 44.2 Å². The molecule has 28 heavy (non-hydrogen) atoms. The SMILES string of the molecule is CC1CCN(C(=O)c2nc(C(=O)NCc3ccncc3)n3ccccc23)CC1. The van der Waals surface area contributed by atoms with Gasteiger partial charge in [0.1, 0.15) is 0 Å². The van der Waals surface area contributed by atoms with Crippen LogP contribution in [0.1, 0.15) is 46.4 Å². The van der Waals surface area contributed by atoms with E-state index in [0.717, 1.165) is 31.5 Å². The fourth-order valence-electron chi connectivity index (χ4n) is 3.48. The Labute approximate surface area is 163 Å². The third kappa shape index (κ3) is 3.60. The molecule has 0 unspecified atom stereocenters. The van der Waals surface area contributed by atoms with Crippen LogP contribution in [0, 0.1) is 5.92 Å². The molecule has 4 heterocycles. The number of fused-ring (bicyclic) bond motifs is 1. The molecule has 4 rings (SSSR count). The standard InChI is InChI=1S/C21H23N5O2/c1-15-7-12-25(13-8-15)21(28)18-17-4-2-3-11-26(17)19(24-18)20(27)23-14-16-5-9-22-10-6-16/h2-6,9-11,15H,7-8,12-14H2,1H3,(H,23,27). The molecule has 0 spiro atoms. The molecule has 3 aromatic heterocycles. The molecular formula is C21H23N5O2. The molecule has 3 aromatic rings. The summed E-state index contributed by atoms with van der Waals surface area (Å²) in [5.41, 5.74) is 1.94. The lowest BCUT2D eigenvalue weighted by atomic mass is 9.99. The summed E-state index contributed by atoms with van der Waals surface area (Å²) >= 11 is 0. The van der Waals surface area contributed by atoms with Crippen LogP contribution in [0.25, 0.3) is 5.52 Å². The summed E-state index contributed by atoms with van der Waals surface area (Å²) in [6.45, 7) is 4.04. The number of aromatic nitrogens is 3. The van der Waals surface area contributed by atoms with Crippen LogP contribution in [0.2, 0.25) is 0 Å². The van der Waals surface area contributed by atoms with Crippen molar-refractivity contribution in [2.24, 2.45) is 5.92 Å². The molecule has 0 radical (unpaired) electrons. The predicted molar refractivity (Wildman–Crippen MR) is 105 cm³/mol. The molecule has 0 aromatic carbocycles. The summed E-state index contributed by atoms with van der Waals surface area (Å²) in [4.78, 5) is 36.1. The molecule has 1 aliphatic rings. The maximum atomic E-state index is 13.0. The number of amides is 2. The normalized spacial score (nSPS) is 15.0. The maximum Gasteiger partial charge on any atom is 0.287 e. The van der Waals surface area contributed by atoms with Gasteiger partial charge < -0.3 is 10.2 Å². The highest BCUT2D eigenvalue weighted by Crippen LogP contribution is 2.21. The van der Waals surface area contributed by atoms with E-state index in [1.54, 1.807) is 23.0 Å². The summed E-state index contributed by atoms with van der Waals surface area (Å²) in [7, 11) is 0. The van der Waals surface area contributed by atoms with E-state index < -0.39 is 0 Å². The van der Waals surface area contributed by atoms with Gasteiger partial charge in [0.2, 0.25) is 5.82 Å². The van der Waals surface area contributed by atoms with Gasteiger partial charge in [-0.05, 0) is 48.6 Å². The van der Waals surface area contributed by atoms with Crippen LogP contribution in [0.4, 0.5) is 0 Å². The van der Waals surface area contributed by atoms with Gasteiger partial charge in [-0.15, -0.1) is 0 Å². The molecule has 144 valence electrons. The number of rotatable bonds is 4. The highest BCUT2D eigenvalue weighted by atomic mass is 16.2. The van der Waals surface area contributed by atoms with Gasteiger partial charge in [-0.2, -0.15) is 0 Å². The number of likely N-dealkylation sites (tertiary alicyclic amines) is 1. The van der Waals surface area contributed by atoms with E-state index in [0.29, 0.717) is 23.7 Å². The van der Waals surface area contributed by atoms with Crippen molar-refractivity contribution in [1.29, 1.82) is 0 Å². The Morgan fingerprint density at radius 2 is 1.89 bits per heavy atom. The predicted octanol–water partition coefficient (Wildman–Crippen LogP) is 2.53. The fraction of sp³-hybridized carbons (Fsp3) is 0.333. The number of carbonyl (C=O) groups excluding carboxylic acids is 2. The van der Waals surface area contributed by atoms with Crippen LogP contribution < -0.4 is 5.32 Å². The number of carbonyl (C=O) groups is 2. The average molecular weight is 377 g/mol. The average Bonchev–Trinajstić information content (AvgIpc) is 3.13. The first-order valence-electron chi connectivity index (χ1n) is 9.57. The lowest BCUT2D eigenvalue weighted by molar-refractivity contribution is 0.0694. The van der Waals surface area contributed by atoms with Gasteiger partial charge in [0.25, 0.3) is 11.8 Å². The zero-order valence-electron chi connectivity index (χ0n) is 15.8. The van der Waals surface area contributed by atoms with Crippen LogP contribution >= 0.6 is 0 Å². The van der Waals surface area contributed by atoms with E-state index in [9.17, 15) is 9.59 Å². The zero-order chi connectivity index (χ0) is 19.5. The van der Waals surface area contributed by atoms with Crippen molar-refractivity contribution in [3.63, 3.8) is 0 Å². The number of pyridine rings is 2. The largest absolute Gasteiger partial charge is 0.345 e. The molecule has 2 amide bonds. The van der Waals surface area contributed by atoms with Gasteiger partial charge in [0.15, 0.2) is 5.69 Å². The summed E-state index contributed by atoms with van der Waals surface area (Å²) in [5, 5.41) is 2.87. The Balaban J connectivity index is 1.59. The Morgan fingerprint density at radius 3 is 2.64 bits per heavy atom. The minimum absolute atomic E-state index is 0.108. The third-order valence-corrected chi connectivity index (χ3v) is 5.23. The topological polar surface area (TPSA) is 79.6 Å². The Morgan fingerprint density at radius 1 is 1.14 bits per heavy atom. The second kappa shape index (κ2) is 7.80. The molecule has 0 atom stereocenters. The number of hydrogen-bond acceptors (Lipinski definition) is 4. The van der Waals surface area contributed by atoms with Crippen molar-refractivity contribution in [3.8, 4) is 0 Å². The Kier molecular flexibility index (Phi) is 5.06. The molecule has 7 heteroatoms. The molecule has 1 fully saturated rings. The van der Waals surface area contributed by atoms with Crippen molar-refractivity contribution in [2.45, 2.75) is 26.3 Å². The van der Waals surface area contributed by atoms with Gasteiger partial charge in [-0.25, -0.2) is 4.98 Å². The van der Waals surface area contributed by atoms with E-state index in [2.05, 4.69) is 22.2 Å². The van der Waals surface area contributed by atoms with Crippen molar-refractivity contribution in [2.75, 3.05) is 13.1 Å². The number of imidazole rings is 1. The van der Waals surface area contributed by atoms with Crippen molar-refractivity contribution >= 4 is 17.3 Å². The second-order valence-electron chi connectivity index (χ2n) is 7.25. The highest BCUT2D eigenvalue weighted by molar-refractivity contribution is 6.02. The molecule has 1 N–H and O–H groups in total. The van der Waals surface area contributed by atoms with Gasteiger partial charge in [0.05, 0.1) is 5.52 Å². The molecule has 1 saturated heterocycles. The molecule has 0 aliphatic carbocycles. The van der Waals surface area contributed by atoms with E-state index in [1.807, 2.05) is 35.2 Å². The smallest absolute Gasteiger partial charge is 0.287 e. The minimum atomic E-state index is -0.315. The van der Waals surface area contributed by atoms with Crippen LogP contribution in [-0.2, 0) is 6.54 Å². The first kappa shape index (κ1) is 18.2. The lowest BCUT2D eigenvalue weighted by Gasteiger charge is -2.29. The van der Waals surface area contributed by atoms with Crippen LogP contribution in [0.15, 0.2) is 48.9 Å². The summed E-state index contributed by atoms with van der Waals surface area (Å²) in [5.74, 6) is 0.434. The molecule has 7 nitrogen and oxygen atoms in total. The van der Waals surface area contributed by atoms with Gasteiger partial charge in [-0.1, -0.05) is 13.0 Å². The number of nitrogens with zero attached hydrogens (tertiary/aromatic N) is 4. The molecule has 0 saturated carbocycles. The molecular weight excluding hydrogens is 354 g/mol. The Bertz CT molecular complexity index is 990. The molecule has 0 bridgehead atoms. The van der Waals surface area contributed by atoms with Gasteiger partial charge in [0, 0.05) is 38.2 Å². The number of nitrogens with one attached hydrogen (secondary N) is 1. The third-order valence-electron chi connectivity index (χ3n) is 5.23. The summed E-state index contributed by atoms with van der Waals surface area (Å²) < 4.78 is 1.68. The van der Waals surface area contributed by atoms with E-state index >= 15 is 0 Å². The number of piperidine rings is 1. The lowest BCUT2D eigenvalue weighted by Crippen LogP contribution is -2.38. The fourth-order valence-corrected chi connectivity index (χ4v) is 3.48. The van der Waals surface area contributed by atoms with Crippen molar-refractivity contribution in [1.82, 2.24) is 24.6 Å². The van der Waals surface area contributed by atoms with Crippen molar-refractivity contribution in [3.05, 3.63) is 66.0 Å². The molecule has 1 aliphatic heterocycles. The maximum absolute atomic E-state index is 13.0. The minimum Gasteiger partial charge on any atom is -0.345 e. The Hall–Kier alpha value is -3.22. The van der Waals surface area contributed by atoms with Crippen molar-refractivity contribution < 1.29 is 9.59 Å². The zero-order valence-corrected chi connectivity index (χ0v) is 15.8.